The average Bonchev–Trinajstić information content (AvgIpc) is 3.90. The van der Waals surface area contributed by atoms with E-state index in [-0.39, 0.29) is 11.8 Å². The van der Waals surface area contributed by atoms with Gasteiger partial charge < -0.3 is 44.2 Å². The van der Waals surface area contributed by atoms with Crippen LogP contribution in [0.5, 0.6) is 0 Å². The lowest BCUT2D eigenvalue weighted by molar-refractivity contribution is -0.672. The quantitative estimate of drug-likeness (QED) is 0.0196. The smallest absolute Gasteiger partial charge is 0.213 e. The molecule has 2 aromatic heterocycles. The Kier molecular flexibility index (Phi) is 20.4. The second-order valence-corrected chi connectivity index (χ2v) is 20.4. The summed E-state index contributed by atoms with van der Waals surface area (Å²) < 4.78 is 21.7. The number of benzene rings is 4. The van der Waals surface area contributed by atoms with Gasteiger partial charge in [-0.25, -0.2) is 0 Å². The molecule has 0 atom stereocenters. The molecule has 72 heavy (non-hydrogen) atoms. The van der Waals surface area contributed by atoms with Gasteiger partial charge in [-0.3, -0.25) is 0 Å². The predicted molar refractivity (Wildman–Crippen MR) is 293 cm³/mol. The second-order valence-electron chi connectivity index (χ2n) is 18.3. The summed E-state index contributed by atoms with van der Waals surface area (Å²) in [5.41, 5.74) is 7.37. The maximum absolute atomic E-state index is 12.4. The number of thioether (sulfide) groups is 2. The van der Waals surface area contributed by atoms with Crippen molar-refractivity contribution in [2.24, 2.45) is 9.98 Å². The van der Waals surface area contributed by atoms with Crippen molar-refractivity contribution in [3.63, 3.8) is 0 Å². The highest BCUT2D eigenvalue weighted by Crippen LogP contribution is 2.46. The minimum absolute atomic E-state index is 0.0159. The van der Waals surface area contributed by atoms with Gasteiger partial charge in [-0.15, -0.1) is 0 Å². The van der Waals surface area contributed by atoms with Gasteiger partial charge in [0.2, 0.25) is 11.0 Å². The van der Waals surface area contributed by atoms with E-state index in [1.807, 2.05) is 23.5 Å². The van der Waals surface area contributed by atoms with E-state index in [1.165, 1.54) is 64.2 Å². The van der Waals surface area contributed by atoms with Gasteiger partial charge in [0.25, 0.3) is 0 Å². The van der Waals surface area contributed by atoms with E-state index >= 15 is 0 Å². The fraction of sp³-hybridized carbons (Fsp3) is 0.390. The summed E-state index contributed by atoms with van der Waals surface area (Å²) >= 11 is 3.63. The molecular weight excluding hydrogens is 937 g/mol. The highest BCUT2D eigenvalue weighted by molar-refractivity contribution is 8.04. The number of fused-ring (bicyclic) bond motifs is 4. The zero-order valence-corrected chi connectivity index (χ0v) is 43.7. The second kappa shape index (κ2) is 27.9. The molecule has 0 N–H and O–H groups in total. The summed E-state index contributed by atoms with van der Waals surface area (Å²) in [5.74, 6) is -0.0365. The molecule has 0 saturated carbocycles. The Hall–Kier alpha value is -5.70. The molecule has 0 spiro atoms. The Labute approximate surface area is 435 Å². The number of hydrogen-bond acceptors (Lipinski definition) is 11. The van der Waals surface area contributed by atoms with Crippen molar-refractivity contribution in [2.45, 2.75) is 93.5 Å². The Morgan fingerprint density at radius 1 is 0.486 bits per heavy atom. The molecule has 2 aliphatic rings. The molecule has 0 bridgehead atoms. The molecule has 8 rings (SSSR count). The summed E-state index contributed by atoms with van der Waals surface area (Å²) in [6.07, 6.45) is 17.9. The molecule has 0 radical (unpaired) electrons. The highest BCUT2D eigenvalue weighted by atomic mass is 32.2. The predicted octanol–water partition coefficient (Wildman–Crippen LogP) is 10.2. The monoisotopic (exact) mass is 1010 g/mol. The van der Waals surface area contributed by atoms with Crippen molar-refractivity contribution in [1.82, 2.24) is 0 Å². The highest BCUT2D eigenvalue weighted by Gasteiger charge is 2.24. The molecule has 6 aromatic rings. The maximum atomic E-state index is 12.4. The van der Waals surface area contributed by atoms with E-state index in [1.54, 1.807) is 0 Å². The largest absolute Gasteiger partial charge is 0.862 e. The summed E-state index contributed by atoms with van der Waals surface area (Å²) in [6, 6.07) is 38.7. The molecule has 2 aliphatic heterocycles. The van der Waals surface area contributed by atoms with Gasteiger partial charge in [-0.05, 0) is 129 Å². The topological polar surface area (TPSA) is 113 Å². The fourth-order valence-electron chi connectivity index (χ4n) is 9.07. The van der Waals surface area contributed by atoms with Crippen LogP contribution in [-0.2, 0) is 27.3 Å². The van der Waals surface area contributed by atoms with Crippen molar-refractivity contribution in [3.8, 4) is 0 Å². The number of para-hydroxylation sites is 4. The minimum Gasteiger partial charge on any atom is -0.862 e. The van der Waals surface area contributed by atoms with Crippen LogP contribution in [0.1, 0.15) is 81.8 Å². The molecular formula is C59H70N6O5S2. The number of aliphatic imine (C=N–C) groups is 2. The van der Waals surface area contributed by atoms with Gasteiger partial charge in [0, 0.05) is 101 Å². The van der Waals surface area contributed by atoms with Crippen LogP contribution < -0.4 is 29.1 Å². The number of unbranched alkanes of at least 4 members (excludes halogenated alkanes) is 4. The molecule has 0 saturated heterocycles. The van der Waals surface area contributed by atoms with Crippen molar-refractivity contribution in [1.29, 1.82) is 0 Å². The van der Waals surface area contributed by atoms with Crippen molar-refractivity contribution < 1.29 is 33.6 Å². The normalized spacial score (nSPS) is 14.9. The summed E-state index contributed by atoms with van der Waals surface area (Å²) in [4.78, 5) is 15.6. The van der Waals surface area contributed by atoms with Gasteiger partial charge in [0.1, 0.15) is 13.1 Å². The van der Waals surface area contributed by atoms with Crippen molar-refractivity contribution in [2.75, 3.05) is 76.6 Å². The first kappa shape index (κ1) is 52.6. The number of ether oxygens (including phenoxy) is 3. The molecule has 378 valence electrons. The number of aromatic nitrogens is 2. The standard InChI is InChI=1S/C59H70N6O5S2/c1-62-52-24-11-13-26-54(52)71-58(62)44-46-30-36-64(50-22-9-7-20-48(46)50)34-15-3-5-28-56(66)60-32-17-38-68-40-19-41-70-43-42-69-39-18-33-61-57(67)29-6-4-16-35-65-37-31-47(49-21-8-10-23-51(49)65)45-59-63(2)53-25-12-14-27-55(53)72-59/h7-14,20-27,30-31,36-37,44-45H,3-6,15-19,28-29,32-35,38-43H2,1-2H3. The third-order valence-corrected chi connectivity index (χ3v) is 15.3. The molecule has 0 fully saturated rings. The van der Waals surface area contributed by atoms with Gasteiger partial charge in [0.05, 0.1) is 45.4 Å². The third-order valence-electron chi connectivity index (χ3n) is 13.0. The first-order valence-corrected chi connectivity index (χ1v) is 27.5. The summed E-state index contributed by atoms with van der Waals surface area (Å²) in [7, 11) is 4.26. The molecule has 4 heterocycles. The van der Waals surface area contributed by atoms with Gasteiger partial charge in [-0.2, -0.15) is 9.13 Å². The van der Waals surface area contributed by atoms with Crippen LogP contribution in [0.4, 0.5) is 11.4 Å². The number of anilines is 2. The van der Waals surface area contributed by atoms with E-state index < -0.39 is 0 Å². The first-order valence-electron chi connectivity index (χ1n) is 25.8. The molecule has 0 aliphatic carbocycles. The third kappa shape index (κ3) is 14.9. The van der Waals surface area contributed by atoms with Gasteiger partial charge in [-0.1, -0.05) is 72.1 Å². The van der Waals surface area contributed by atoms with E-state index in [4.69, 9.17) is 14.2 Å². The van der Waals surface area contributed by atoms with Crippen molar-refractivity contribution in [3.05, 3.63) is 143 Å². The van der Waals surface area contributed by atoms with E-state index in [2.05, 4.69) is 177 Å². The lowest BCUT2D eigenvalue weighted by Crippen LogP contribution is -2.34. The molecule has 4 aromatic carbocycles. The van der Waals surface area contributed by atoms with Crippen LogP contribution in [0.3, 0.4) is 0 Å². The molecule has 13 heteroatoms. The minimum atomic E-state index is -0.0206. The Morgan fingerprint density at radius 3 is 1.38 bits per heavy atom. The van der Waals surface area contributed by atoms with Crippen molar-refractivity contribution >= 4 is 80.7 Å². The number of hydrogen-bond donors (Lipinski definition) is 0. The van der Waals surface area contributed by atoms with Crippen LogP contribution >= 0.6 is 23.5 Å². The van der Waals surface area contributed by atoms with Crippen LogP contribution in [-0.4, -0.2) is 78.6 Å². The lowest BCUT2D eigenvalue weighted by atomic mass is 10.1. The summed E-state index contributed by atoms with van der Waals surface area (Å²) in [6.45, 7) is 6.20. The van der Waals surface area contributed by atoms with E-state index in [9.17, 15) is 10.2 Å². The Bertz CT molecular complexity index is 2640. The summed E-state index contributed by atoms with van der Waals surface area (Å²) in [5, 5.41) is 29.7. The molecule has 0 amide bonds. The van der Waals surface area contributed by atoms with Crippen LogP contribution in [0, 0.1) is 0 Å². The first-order chi connectivity index (χ1) is 35.4. The van der Waals surface area contributed by atoms with Gasteiger partial charge >= 0.3 is 0 Å². The Balaban J connectivity index is 0.592. The zero-order valence-electron chi connectivity index (χ0n) is 42.1. The number of pyridine rings is 2. The number of rotatable bonds is 29. The fourth-order valence-corrected chi connectivity index (χ4v) is 11.3. The maximum Gasteiger partial charge on any atom is 0.213 e. The van der Waals surface area contributed by atoms with E-state index in [0.29, 0.717) is 65.6 Å². The lowest BCUT2D eigenvalue weighted by Gasteiger charge is -2.13. The average molecular weight is 1010 g/mol. The van der Waals surface area contributed by atoms with Crippen LogP contribution in [0.2, 0.25) is 0 Å². The number of aryl methyl sites for hydroxylation is 2. The zero-order chi connectivity index (χ0) is 49.7. The SMILES string of the molecule is CN1/C(=C/c2cc[n+](CCCCCC([O-])=NCCCOCCCOCCOCCCN=C([O-])CCCCC[n+]3ccc(/C=C4/Sc5ccccc5N4C)c4ccccc43)c3ccccc23)Sc2ccccc21. The van der Waals surface area contributed by atoms with E-state index in [0.717, 1.165) is 70.9 Å². The Morgan fingerprint density at radius 2 is 0.903 bits per heavy atom. The molecule has 0 unspecified atom stereocenters. The van der Waals surface area contributed by atoms with Crippen LogP contribution in [0.25, 0.3) is 34.0 Å². The number of nitrogens with zero attached hydrogens (tertiary/aromatic N) is 6. The van der Waals surface area contributed by atoms with Crippen LogP contribution in [0.15, 0.2) is 151 Å². The molecule has 11 nitrogen and oxygen atoms in total. The van der Waals surface area contributed by atoms with Gasteiger partial charge in [0.15, 0.2) is 12.4 Å².